The number of nitrogens with one attached hydrogen (secondary N) is 1. The van der Waals surface area contributed by atoms with Crippen molar-refractivity contribution >= 4 is 40.6 Å². The number of thioether (sulfide) groups is 1. The molecule has 1 N–H and O–H groups in total. The van der Waals surface area contributed by atoms with Gasteiger partial charge in [0, 0.05) is 6.42 Å². The van der Waals surface area contributed by atoms with Crippen molar-refractivity contribution in [2.75, 3.05) is 5.75 Å². The lowest BCUT2D eigenvalue weighted by Gasteiger charge is -2.22. The number of benzene rings is 2. The average Bonchev–Trinajstić information content (AvgIpc) is 3.83. The number of aryl methyl sites for hydroxylation is 1. The SMILES string of the molecule is Cc1cccc(-n2c(CNC(=O)c3ccco3)nnc2SCC(=O)N2N=C(c3cccs3)C[C@@H]2c2ccc(F)cc2)c1C. The topological polar surface area (TPSA) is 106 Å². The van der Waals surface area contributed by atoms with E-state index in [2.05, 4.69) is 15.5 Å². The molecule has 1 aliphatic heterocycles. The fraction of sp³-hybridized carbons (Fsp3) is 0.194. The number of nitrogens with zero attached hydrogens (tertiary/aromatic N) is 5. The summed E-state index contributed by atoms with van der Waals surface area (Å²) >= 11 is 2.81. The summed E-state index contributed by atoms with van der Waals surface area (Å²) in [5.41, 5.74) is 4.58. The third-order valence-electron chi connectivity index (χ3n) is 7.22. The van der Waals surface area contributed by atoms with Crippen molar-refractivity contribution in [1.82, 2.24) is 25.1 Å². The summed E-state index contributed by atoms with van der Waals surface area (Å²) < 4.78 is 20.8. The van der Waals surface area contributed by atoms with Crippen LogP contribution in [0.2, 0.25) is 0 Å². The van der Waals surface area contributed by atoms with Crippen molar-refractivity contribution < 1.29 is 18.4 Å². The maximum atomic E-state index is 13.7. The molecule has 0 unspecified atom stereocenters. The van der Waals surface area contributed by atoms with E-state index in [-0.39, 0.29) is 41.7 Å². The first-order chi connectivity index (χ1) is 20.9. The lowest BCUT2D eigenvalue weighted by molar-refractivity contribution is -0.130. The van der Waals surface area contributed by atoms with Crippen LogP contribution in [0.1, 0.15) is 50.4 Å². The summed E-state index contributed by atoms with van der Waals surface area (Å²) in [6, 6.07) is 18.9. The van der Waals surface area contributed by atoms with Gasteiger partial charge in [0.05, 0.1) is 40.9 Å². The number of halogens is 1. The van der Waals surface area contributed by atoms with Gasteiger partial charge in [0.1, 0.15) is 5.82 Å². The first-order valence-corrected chi connectivity index (χ1v) is 15.4. The Kier molecular flexibility index (Phi) is 8.21. The lowest BCUT2D eigenvalue weighted by Crippen LogP contribution is -2.28. The molecule has 43 heavy (non-hydrogen) atoms. The average molecular weight is 615 g/mol. The molecule has 0 saturated carbocycles. The Hall–Kier alpha value is -4.55. The number of amides is 2. The highest BCUT2D eigenvalue weighted by molar-refractivity contribution is 7.99. The summed E-state index contributed by atoms with van der Waals surface area (Å²) in [5, 5.41) is 20.3. The van der Waals surface area contributed by atoms with Gasteiger partial charge in [-0.1, -0.05) is 42.1 Å². The van der Waals surface area contributed by atoms with Crippen molar-refractivity contribution in [3.8, 4) is 5.69 Å². The molecule has 1 atom stereocenters. The Morgan fingerprint density at radius 1 is 1.07 bits per heavy atom. The molecule has 0 bridgehead atoms. The van der Waals surface area contributed by atoms with Crippen LogP contribution >= 0.6 is 23.1 Å². The molecule has 4 heterocycles. The molecule has 12 heteroatoms. The van der Waals surface area contributed by atoms with E-state index in [0.717, 1.165) is 33.0 Å². The summed E-state index contributed by atoms with van der Waals surface area (Å²) in [4.78, 5) is 27.2. The molecule has 0 saturated heterocycles. The Morgan fingerprint density at radius 3 is 2.65 bits per heavy atom. The molecule has 0 spiro atoms. The second-order valence-electron chi connectivity index (χ2n) is 9.94. The number of hydrogen-bond donors (Lipinski definition) is 1. The zero-order valence-electron chi connectivity index (χ0n) is 23.4. The Morgan fingerprint density at radius 2 is 1.91 bits per heavy atom. The number of thiophene rings is 1. The third kappa shape index (κ3) is 6.02. The Labute approximate surface area is 255 Å². The van der Waals surface area contributed by atoms with E-state index in [9.17, 15) is 14.0 Å². The molecule has 0 fully saturated rings. The van der Waals surface area contributed by atoms with Crippen LogP contribution in [0, 0.1) is 19.7 Å². The summed E-state index contributed by atoms with van der Waals surface area (Å²) in [7, 11) is 0. The normalized spacial score (nSPS) is 14.6. The molecular formula is C31H27FN6O3S2. The summed E-state index contributed by atoms with van der Waals surface area (Å²) in [6.07, 6.45) is 1.97. The predicted molar refractivity (Wildman–Crippen MR) is 163 cm³/mol. The summed E-state index contributed by atoms with van der Waals surface area (Å²) in [5.74, 6) is -0.176. The number of rotatable bonds is 9. The van der Waals surface area contributed by atoms with Crippen LogP contribution in [0.15, 0.2) is 93.0 Å². The highest BCUT2D eigenvalue weighted by Gasteiger charge is 2.34. The first kappa shape index (κ1) is 28.6. The van der Waals surface area contributed by atoms with E-state index in [1.54, 1.807) is 35.6 Å². The van der Waals surface area contributed by atoms with Crippen molar-refractivity contribution in [3.63, 3.8) is 0 Å². The highest BCUT2D eigenvalue weighted by Crippen LogP contribution is 2.35. The molecular weight excluding hydrogens is 588 g/mol. The Bertz CT molecular complexity index is 1780. The third-order valence-corrected chi connectivity index (χ3v) is 9.05. The second kappa shape index (κ2) is 12.4. The van der Waals surface area contributed by atoms with Gasteiger partial charge in [-0.05, 0) is 72.3 Å². The minimum absolute atomic E-state index is 0.0423. The fourth-order valence-electron chi connectivity index (χ4n) is 4.85. The number of hydrazone groups is 1. The molecule has 0 aliphatic carbocycles. The predicted octanol–water partition coefficient (Wildman–Crippen LogP) is 6.08. The van der Waals surface area contributed by atoms with Crippen molar-refractivity contribution in [2.45, 2.75) is 38.0 Å². The molecule has 0 radical (unpaired) electrons. The quantitative estimate of drug-likeness (QED) is 0.202. The van der Waals surface area contributed by atoms with Gasteiger partial charge in [0.15, 0.2) is 16.7 Å². The molecule has 3 aromatic heterocycles. The van der Waals surface area contributed by atoms with Gasteiger partial charge in [0.25, 0.3) is 11.8 Å². The van der Waals surface area contributed by atoms with Crippen molar-refractivity contribution in [3.05, 3.63) is 117 Å². The van der Waals surface area contributed by atoms with E-state index in [0.29, 0.717) is 17.4 Å². The zero-order valence-corrected chi connectivity index (χ0v) is 25.0. The van der Waals surface area contributed by atoms with Crippen LogP contribution in [0.25, 0.3) is 5.69 Å². The van der Waals surface area contributed by atoms with E-state index in [1.165, 1.54) is 35.2 Å². The molecule has 2 aromatic carbocycles. The Balaban J connectivity index is 1.26. The summed E-state index contributed by atoms with van der Waals surface area (Å²) in [6.45, 7) is 4.12. The largest absolute Gasteiger partial charge is 0.459 e. The maximum absolute atomic E-state index is 13.7. The van der Waals surface area contributed by atoms with Gasteiger partial charge < -0.3 is 9.73 Å². The number of carbonyl (C=O) groups is 2. The second-order valence-corrected chi connectivity index (χ2v) is 11.8. The van der Waals surface area contributed by atoms with Gasteiger partial charge in [-0.3, -0.25) is 14.2 Å². The van der Waals surface area contributed by atoms with Crippen LogP contribution in [0.4, 0.5) is 4.39 Å². The molecule has 1 aliphatic rings. The maximum Gasteiger partial charge on any atom is 0.287 e. The minimum atomic E-state index is -0.370. The number of hydrogen-bond acceptors (Lipinski definition) is 8. The fourth-order valence-corrected chi connectivity index (χ4v) is 6.39. The molecule has 2 amide bonds. The van der Waals surface area contributed by atoms with E-state index in [1.807, 2.05) is 54.1 Å². The molecule has 9 nitrogen and oxygen atoms in total. The first-order valence-electron chi connectivity index (χ1n) is 13.5. The van der Waals surface area contributed by atoms with Crippen LogP contribution in [0.5, 0.6) is 0 Å². The number of aromatic nitrogens is 3. The standard InChI is InChI=1S/C31H27FN6O3S2/c1-19-6-3-7-24(20(19)2)37-28(17-33-30(40)26-8-4-14-41-26)34-35-31(37)43-18-29(39)38-25(21-10-12-22(32)13-11-21)16-23(36-38)27-9-5-15-42-27/h3-15,25H,16-18H2,1-2H3,(H,33,40)/t25-/m1/s1. The smallest absolute Gasteiger partial charge is 0.287 e. The highest BCUT2D eigenvalue weighted by atomic mass is 32.2. The van der Waals surface area contributed by atoms with Crippen LogP contribution in [0.3, 0.4) is 0 Å². The molecule has 6 rings (SSSR count). The van der Waals surface area contributed by atoms with Crippen molar-refractivity contribution in [2.24, 2.45) is 5.10 Å². The molecule has 5 aromatic rings. The lowest BCUT2D eigenvalue weighted by atomic mass is 10.0. The minimum Gasteiger partial charge on any atom is -0.459 e. The van der Waals surface area contributed by atoms with Gasteiger partial charge in [-0.2, -0.15) is 5.10 Å². The van der Waals surface area contributed by atoms with Gasteiger partial charge in [0.2, 0.25) is 0 Å². The van der Waals surface area contributed by atoms with E-state index < -0.39 is 0 Å². The number of carbonyl (C=O) groups excluding carboxylic acids is 2. The van der Waals surface area contributed by atoms with Gasteiger partial charge in [-0.25, -0.2) is 9.40 Å². The van der Waals surface area contributed by atoms with Crippen LogP contribution < -0.4 is 5.32 Å². The van der Waals surface area contributed by atoms with E-state index >= 15 is 0 Å². The molecule has 218 valence electrons. The van der Waals surface area contributed by atoms with Gasteiger partial charge in [-0.15, -0.1) is 21.5 Å². The monoisotopic (exact) mass is 614 g/mol. The van der Waals surface area contributed by atoms with E-state index in [4.69, 9.17) is 9.52 Å². The number of furan rings is 1. The van der Waals surface area contributed by atoms with Crippen LogP contribution in [-0.4, -0.2) is 43.1 Å². The van der Waals surface area contributed by atoms with Crippen molar-refractivity contribution in [1.29, 1.82) is 0 Å². The zero-order chi connectivity index (χ0) is 29.9. The van der Waals surface area contributed by atoms with Gasteiger partial charge >= 0.3 is 0 Å². The van der Waals surface area contributed by atoms with Crippen LogP contribution in [-0.2, 0) is 11.3 Å².